The van der Waals surface area contributed by atoms with E-state index < -0.39 is 0 Å². The van der Waals surface area contributed by atoms with Gasteiger partial charge in [0.05, 0.1) is 13.5 Å². The molecule has 0 aliphatic carbocycles. The van der Waals surface area contributed by atoms with Gasteiger partial charge in [0, 0.05) is 5.02 Å². The number of benzene rings is 1. The number of aryl methyl sites for hydroxylation is 1. The highest BCUT2D eigenvalue weighted by Gasteiger charge is 2.09. The van der Waals surface area contributed by atoms with Gasteiger partial charge in [-0.3, -0.25) is 4.79 Å². The minimum absolute atomic E-state index is 0.168. The second-order valence-electron chi connectivity index (χ2n) is 3.89. The van der Waals surface area contributed by atoms with Crippen molar-refractivity contribution in [3.63, 3.8) is 0 Å². The number of amides is 1. The molecule has 1 aromatic heterocycles. The van der Waals surface area contributed by atoms with Crippen molar-refractivity contribution in [1.82, 2.24) is 10.2 Å². The third kappa shape index (κ3) is 3.65. The Hall–Kier alpha value is -1.66. The Morgan fingerprint density at radius 1 is 1.47 bits per heavy atom. The highest BCUT2D eigenvalue weighted by molar-refractivity contribution is 7.17. The molecule has 1 amide bonds. The van der Waals surface area contributed by atoms with Gasteiger partial charge < -0.3 is 10.1 Å². The summed E-state index contributed by atoms with van der Waals surface area (Å²) in [4.78, 5) is 11.8. The third-order valence-corrected chi connectivity index (χ3v) is 3.64. The quantitative estimate of drug-likeness (QED) is 0.942. The van der Waals surface area contributed by atoms with Crippen LogP contribution in [0.25, 0.3) is 0 Å². The molecule has 2 rings (SSSR count). The normalized spacial score (nSPS) is 10.3. The van der Waals surface area contributed by atoms with E-state index in [-0.39, 0.29) is 12.3 Å². The number of hydrogen-bond donors (Lipinski definition) is 1. The molecule has 5 nitrogen and oxygen atoms in total. The lowest BCUT2D eigenvalue weighted by Crippen LogP contribution is -2.14. The fourth-order valence-corrected chi connectivity index (χ4v) is 2.22. The summed E-state index contributed by atoms with van der Waals surface area (Å²) >= 11 is 7.19. The van der Waals surface area contributed by atoms with Gasteiger partial charge in [-0.05, 0) is 35.5 Å². The van der Waals surface area contributed by atoms with Crippen LogP contribution in [0.5, 0.6) is 5.19 Å². The van der Waals surface area contributed by atoms with E-state index in [2.05, 4.69) is 15.5 Å². The first-order valence-corrected chi connectivity index (χ1v) is 6.70. The molecule has 0 fully saturated rings. The van der Waals surface area contributed by atoms with Crippen molar-refractivity contribution in [3.05, 3.63) is 34.3 Å². The molecule has 0 saturated carbocycles. The zero-order valence-corrected chi connectivity index (χ0v) is 12.0. The Balaban J connectivity index is 1.98. The number of carbonyl (C=O) groups excluding carboxylic acids is 1. The molecule has 19 heavy (non-hydrogen) atoms. The smallest absolute Gasteiger partial charge is 0.295 e. The predicted octanol–water partition coefficient (Wildman–Crippen LogP) is 2.69. The lowest BCUT2D eigenvalue weighted by atomic mass is 10.1. The summed E-state index contributed by atoms with van der Waals surface area (Å²) in [6, 6.07) is 5.55. The molecular weight excluding hydrogens is 286 g/mol. The van der Waals surface area contributed by atoms with E-state index in [0.29, 0.717) is 15.3 Å². The number of rotatable bonds is 4. The van der Waals surface area contributed by atoms with Gasteiger partial charge in [0.1, 0.15) is 0 Å². The van der Waals surface area contributed by atoms with Crippen LogP contribution in [0, 0.1) is 6.92 Å². The lowest BCUT2D eigenvalue weighted by molar-refractivity contribution is -0.115. The molecule has 100 valence electrons. The molecule has 0 unspecified atom stereocenters. The van der Waals surface area contributed by atoms with Gasteiger partial charge in [0.15, 0.2) is 0 Å². The van der Waals surface area contributed by atoms with Gasteiger partial charge in [0.25, 0.3) is 5.19 Å². The van der Waals surface area contributed by atoms with E-state index in [1.165, 1.54) is 18.4 Å². The lowest BCUT2D eigenvalue weighted by Gasteiger charge is -2.03. The van der Waals surface area contributed by atoms with E-state index in [1.54, 1.807) is 6.07 Å². The Bertz CT molecular complexity index is 600. The van der Waals surface area contributed by atoms with E-state index in [0.717, 1.165) is 11.1 Å². The van der Waals surface area contributed by atoms with Crippen LogP contribution in [0.15, 0.2) is 18.2 Å². The summed E-state index contributed by atoms with van der Waals surface area (Å²) in [7, 11) is 1.50. The number of anilines is 1. The summed E-state index contributed by atoms with van der Waals surface area (Å²) in [6.45, 7) is 1.92. The number of nitrogens with zero attached hydrogens (tertiary/aromatic N) is 2. The number of halogens is 1. The predicted molar refractivity (Wildman–Crippen MR) is 75.0 cm³/mol. The maximum atomic E-state index is 11.8. The van der Waals surface area contributed by atoms with Crippen LogP contribution in [-0.4, -0.2) is 23.2 Å². The molecule has 0 saturated heterocycles. The van der Waals surface area contributed by atoms with Gasteiger partial charge in [0.2, 0.25) is 11.0 Å². The molecule has 0 bridgehead atoms. The summed E-state index contributed by atoms with van der Waals surface area (Å²) in [6.07, 6.45) is 0.238. The van der Waals surface area contributed by atoms with Crippen LogP contribution < -0.4 is 10.1 Å². The van der Waals surface area contributed by atoms with Crippen LogP contribution in [-0.2, 0) is 11.2 Å². The fourth-order valence-electron chi connectivity index (χ4n) is 1.44. The van der Waals surface area contributed by atoms with Gasteiger partial charge in [-0.2, -0.15) is 0 Å². The fraction of sp³-hybridized carbons (Fsp3) is 0.250. The molecule has 7 heteroatoms. The Labute approximate surface area is 119 Å². The van der Waals surface area contributed by atoms with Crippen LogP contribution in [0.1, 0.15) is 11.1 Å². The van der Waals surface area contributed by atoms with Gasteiger partial charge in [-0.1, -0.05) is 28.8 Å². The molecule has 1 N–H and O–H groups in total. The van der Waals surface area contributed by atoms with Gasteiger partial charge in [-0.15, -0.1) is 5.10 Å². The van der Waals surface area contributed by atoms with E-state index in [4.69, 9.17) is 16.3 Å². The van der Waals surface area contributed by atoms with Crippen molar-refractivity contribution >= 4 is 34.0 Å². The SMILES string of the molecule is COc1nnc(NC(=O)Cc2ccc(C)c(Cl)c2)s1. The standard InChI is InChI=1S/C12H12ClN3O2S/c1-7-3-4-8(5-9(7)13)6-10(17)14-11-15-16-12(18-2)19-11/h3-5H,6H2,1-2H3,(H,14,15,17). The van der Waals surface area contributed by atoms with Crippen LogP contribution in [0.2, 0.25) is 5.02 Å². The molecule has 1 heterocycles. The largest absolute Gasteiger partial charge is 0.472 e. The summed E-state index contributed by atoms with van der Waals surface area (Å²) < 4.78 is 4.90. The number of hydrogen-bond acceptors (Lipinski definition) is 5. The first kappa shape index (κ1) is 13.8. The highest BCUT2D eigenvalue weighted by Crippen LogP contribution is 2.22. The zero-order chi connectivity index (χ0) is 13.8. The molecule has 0 radical (unpaired) electrons. The number of ether oxygens (including phenoxy) is 1. The monoisotopic (exact) mass is 297 g/mol. The van der Waals surface area contributed by atoms with Crippen LogP contribution >= 0.6 is 22.9 Å². The topological polar surface area (TPSA) is 64.1 Å². The minimum atomic E-state index is -0.168. The molecule has 0 aliphatic rings. The summed E-state index contributed by atoms with van der Waals surface area (Å²) in [5.41, 5.74) is 1.84. The van der Waals surface area contributed by atoms with E-state index >= 15 is 0 Å². The molecule has 0 aliphatic heterocycles. The van der Waals surface area contributed by atoms with Gasteiger partial charge >= 0.3 is 0 Å². The number of carbonyl (C=O) groups is 1. The van der Waals surface area contributed by atoms with Crippen molar-refractivity contribution in [2.75, 3.05) is 12.4 Å². The second-order valence-corrected chi connectivity index (χ2v) is 5.23. The highest BCUT2D eigenvalue weighted by atomic mass is 35.5. The maximum absolute atomic E-state index is 11.8. The van der Waals surface area contributed by atoms with Crippen molar-refractivity contribution < 1.29 is 9.53 Å². The summed E-state index contributed by atoms with van der Waals surface area (Å²) in [5.74, 6) is -0.168. The van der Waals surface area contributed by atoms with Gasteiger partial charge in [-0.25, -0.2) is 0 Å². The number of methoxy groups -OCH3 is 1. The maximum Gasteiger partial charge on any atom is 0.295 e. The Kier molecular flexibility index (Phi) is 4.34. The third-order valence-electron chi connectivity index (χ3n) is 2.43. The first-order valence-electron chi connectivity index (χ1n) is 5.51. The first-order chi connectivity index (χ1) is 9.08. The zero-order valence-electron chi connectivity index (χ0n) is 10.4. The molecular formula is C12H12ClN3O2S. The number of nitrogens with one attached hydrogen (secondary N) is 1. The summed E-state index contributed by atoms with van der Waals surface area (Å²) in [5, 5.41) is 11.7. The molecule has 0 spiro atoms. The van der Waals surface area contributed by atoms with E-state index in [1.807, 2.05) is 19.1 Å². The van der Waals surface area contributed by atoms with E-state index in [9.17, 15) is 4.79 Å². The molecule has 0 atom stereocenters. The molecule has 2 aromatic rings. The van der Waals surface area contributed by atoms with Crippen LogP contribution in [0.4, 0.5) is 5.13 Å². The molecule has 1 aromatic carbocycles. The minimum Gasteiger partial charge on any atom is -0.472 e. The van der Waals surface area contributed by atoms with Crippen molar-refractivity contribution in [3.8, 4) is 5.19 Å². The average molecular weight is 298 g/mol. The Morgan fingerprint density at radius 3 is 2.89 bits per heavy atom. The van der Waals surface area contributed by atoms with Crippen molar-refractivity contribution in [1.29, 1.82) is 0 Å². The van der Waals surface area contributed by atoms with Crippen LogP contribution in [0.3, 0.4) is 0 Å². The average Bonchev–Trinajstić information content (AvgIpc) is 2.81. The Morgan fingerprint density at radius 2 is 2.26 bits per heavy atom. The van der Waals surface area contributed by atoms with Crippen molar-refractivity contribution in [2.45, 2.75) is 13.3 Å². The number of aromatic nitrogens is 2. The second kappa shape index (κ2) is 5.99. The van der Waals surface area contributed by atoms with Crippen molar-refractivity contribution in [2.24, 2.45) is 0 Å².